The summed E-state index contributed by atoms with van der Waals surface area (Å²) in [5.74, 6) is 1.04. The molecule has 7 rings (SSSR count). The zero-order valence-electron chi connectivity index (χ0n) is 29.9. The van der Waals surface area contributed by atoms with Crippen LogP contribution in [-0.2, 0) is 5.41 Å². The normalized spacial score (nSPS) is 18.5. The van der Waals surface area contributed by atoms with Gasteiger partial charge in [-0.05, 0) is 123 Å². The number of rotatable bonds is 8. The standard InChI is InChI=1S/C47H50N2/c1-34-9-20-41(21-10-34)48(42-22-11-35(2)12-23-42)44-27-16-39(17-28-44)47(31-7-6-8-32-47)40-18-29-45(30-19-40)49(43-24-13-36(3)14-25-43)46-26-15-37(4)38(5)33-46/h9-30,33,37-38H,6-8,31-32H2,1-5H3. The zero-order chi connectivity index (χ0) is 34.0. The van der Waals surface area contributed by atoms with Gasteiger partial charge >= 0.3 is 0 Å². The summed E-state index contributed by atoms with van der Waals surface area (Å²) < 4.78 is 0. The first-order valence-corrected chi connectivity index (χ1v) is 18.2. The highest BCUT2D eigenvalue weighted by Gasteiger charge is 2.36. The molecule has 0 bridgehead atoms. The number of benzene rings is 5. The fourth-order valence-corrected chi connectivity index (χ4v) is 7.79. The fourth-order valence-electron chi connectivity index (χ4n) is 7.79. The van der Waals surface area contributed by atoms with Crippen LogP contribution in [0.25, 0.3) is 0 Å². The Morgan fingerprint density at radius 2 is 0.816 bits per heavy atom. The van der Waals surface area contributed by atoms with Crippen molar-refractivity contribution >= 4 is 28.4 Å². The van der Waals surface area contributed by atoms with Crippen molar-refractivity contribution in [3.8, 4) is 0 Å². The van der Waals surface area contributed by atoms with Crippen LogP contribution in [0.1, 0.15) is 73.8 Å². The van der Waals surface area contributed by atoms with Gasteiger partial charge in [0.1, 0.15) is 0 Å². The first-order valence-electron chi connectivity index (χ1n) is 18.2. The molecule has 0 amide bonds. The lowest BCUT2D eigenvalue weighted by Crippen LogP contribution is -2.30. The van der Waals surface area contributed by atoms with Crippen LogP contribution in [0.2, 0.25) is 0 Å². The van der Waals surface area contributed by atoms with Crippen molar-refractivity contribution in [2.24, 2.45) is 11.8 Å². The molecule has 0 radical (unpaired) electrons. The molecule has 0 N–H and O–H groups in total. The first-order chi connectivity index (χ1) is 23.8. The van der Waals surface area contributed by atoms with Gasteiger partial charge in [-0.25, -0.2) is 0 Å². The average molecular weight is 643 g/mol. The first kappa shape index (κ1) is 32.7. The van der Waals surface area contributed by atoms with Gasteiger partial charge in [0.15, 0.2) is 0 Å². The van der Waals surface area contributed by atoms with E-state index in [0.717, 1.165) is 0 Å². The van der Waals surface area contributed by atoms with Crippen molar-refractivity contribution in [3.05, 3.63) is 173 Å². The van der Waals surface area contributed by atoms with Crippen LogP contribution in [0.5, 0.6) is 0 Å². The largest absolute Gasteiger partial charge is 0.311 e. The molecule has 0 saturated heterocycles. The summed E-state index contributed by atoms with van der Waals surface area (Å²) >= 11 is 0. The monoisotopic (exact) mass is 642 g/mol. The third-order valence-corrected chi connectivity index (χ3v) is 11.0. The van der Waals surface area contributed by atoms with Gasteiger partial charge in [-0.3, -0.25) is 0 Å². The number of nitrogens with zero attached hydrogens (tertiary/aromatic N) is 2. The van der Waals surface area contributed by atoms with Gasteiger partial charge in [0.25, 0.3) is 0 Å². The molecular formula is C47H50N2. The molecule has 1 saturated carbocycles. The maximum absolute atomic E-state index is 2.43. The van der Waals surface area contributed by atoms with E-state index < -0.39 is 0 Å². The van der Waals surface area contributed by atoms with E-state index in [1.54, 1.807) is 0 Å². The minimum absolute atomic E-state index is 0.0104. The van der Waals surface area contributed by atoms with E-state index in [9.17, 15) is 0 Å². The van der Waals surface area contributed by atoms with E-state index in [-0.39, 0.29) is 5.41 Å². The molecule has 49 heavy (non-hydrogen) atoms. The molecule has 2 unspecified atom stereocenters. The lowest BCUT2D eigenvalue weighted by atomic mass is 9.65. The van der Waals surface area contributed by atoms with Crippen LogP contribution in [0.15, 0.2) is 145 Å². The number of aryl methyl sites for hydroxylation is 3. The predicted molar refractivity (Wildman–Crippen MR) is 210 cm³/mol. The zero-order valence-corrected chi connectivity index (χ0v) is 29.9. The van der Waals surface area contributed by atoms with Gasteiger partial charge in [0, 0.05) is 39.5 Å². The molecule has 5 aromatic carbocycles. The van der Waals surface area contributed by atoms with Gasteiger partial charge in [-0.1, -0.05) is 123 Å². The van der Waals surface area contributed by atoms with E-state index in [0.29, 0.717) is 11.8 Å². The molecule has 2 aliphatic rings. The van der Waals surface area contributed by atoms with E-state index in [1.807, 2.05) is 0 Å². The maximum atomic E-state index is 2.43. The van der Waals surface area contributed by atoms with Crippen LogP contribution in [-0.4, -0.2) is 0 Å². The van der Waals surface area contributed by atoms with Crippen LogP contribution in [0.3, 0.4) is 0 Å². The average Bonchev–Trinajstić information content (AvgIpc) is 3.13. The second kappa shape index (κ2) is 14.0. The highest BCUT2D eigenvalue weighted by molar-refractivity contribution is 5.77. The third kappa shape index (κ3) is 6.75. The van der Waals surface area contributed by atoms with Crippen LogP contribution < -0.4 is 9.80 Å². The Kier molecular flexibility index (Phi) is 9.32. The third-order valence-electron chi connectivity index (χ3n) is 11.0. The summed E-state index contributed by atoms with van der Waals surface area (Å²) in [6.07, 6.45) is 13.3. The van der Waals surface area contributed by atoms with Gasteiger partial charge in [-0.15, -0.1) is 0 Å². The Balaban J connectivity index is 1.25. The molecule has 1 fully saturated rings. The highest BCUT2D eigenvalue weighted by atomic mass is 15.1. The molecule has 0 spiro atoms. The lowest BCUT2D eigenvalue weighted by Gasteiger charge is -2.39. The Labute approximate surface area is 294 Å². The van der Waals surface area contributed by atoms with Crippen molar-refractivity contribution in [2.75, 3.05) is 9.80 Å². The Hall–Kier alpha value is -4.82. The molecule has 2 aliphatic carbocycles. The quantitative estimate of drug-likeness (QED) is 0.166. The molecule has 2 nitrogen and oxygen atoms in total. The molecule has 0 aliphatic heterocycles. The predicted octanol–water partition coefficient (Wildman–Crippen LogP) is 13.2. The Morgan fingerprint density at radius 3 is 1.20 bits per heavy atom. The Bertz CT molecular complexity index is 1860. The van der Waals surface area contributed by atoms with E-state index in [1.165, 1.54) is 94.1 Å². The summed E-state index contributed by atoms with van der Waals surface area (Å²) in [6, 6.07) is 45.7. The summed E-state index contributed by atoms with van der Waals surface area (Å²) in [5.41, 5.74) is 13.9. The molecular weight excluding hydrogens is 593 g/mol. The second-order valence-electron chi connectivity index (χ2n) is 14.6. The topological polar surface area (TPSA) is 6.48 Å². The molecule has 5 aromatic rings. The van der Waals surface area contributed by atoms with Crippen molar-refractivity contribution < 1.29 is 0 Å². The van der Waals surface area contributed by atoms with E-state index in [4.69, 9.17) is 0 Å². The van der Waals surface area contributed by atoms with Crippen molar-refractivity contribution in [1.29, 1.82) is 0 Å². The van der Waals surface area contributed by atoms with Gasteiger partial charge in [-0.2, -0.15) is 0 Å². The molecule has 2 atom stereocenters. The second-order valence-corrected chi connectivity index (χ2v) is 14.6. The minimum atomic E-state index is 0.0104. The minimum Gasteiger partial charge on any atom is -0.311 e. The number of hydrogen-bond acceptors (Lipinski definition) is 2. The fraction of sp³-hybridized carbons (Fsp3) is 0.277. The van der Waals surface area contributed by atoms with Gasteiger partial charge < -0.3 is 9.80 Å². The van der Waals surface area contributed by atoms with Crippen LogP contribution >= 0.6 is 0 Å². The SMILES string of the molecule is Cc1ccc(N(C2=CC(C)C(C)C=C2)c2ccc(C3(c4ccc(N(c5ccc(C)cc5)c5ccc(C)cc5)cc4)CCCCC3)cc2)cc1. The van der Waals surface area contributed by atoms with Crippen molar-refractivity contribution in [1.82, 2.24) is 0 Å². The summed E-state index contributed by atoms with van der Waals surface area (Å²) in [7, 11) is 0. The number of anilines is 5. The number of hydrogen-bond donors (Lipinski definition) is 0. The molecule has 248 valence electrons. The van der Waals surface area contributed by atoms with Crippen LogP contribution in [0, 0.1) is 32.6 Å². The van der Waals surface area contributed by atoms with E-state index >= 15 is 0 Å². The molecule has 0 heterocycles. The lowest BCUT2D eigenvalue weighted by molar-refractivity contribution is 0.346. The van der Waals surface area contributed by atoms with E-state index in [2.05, 4.69) is 184 Å². The highest BCUT2D eigenvalue weighted by Crippen LogP contribution is 2.47. The Morgan fingerprint density at radius 1 is 0.449 bits per heavy atom. The number of allylic oxidation sites excluding steroid dienone is 3. The summed E-state index contributed by atoms with van der Waals surface area (Å²) in [4.78, 5) is 4.80. The van der Waals surface area contributed by atoms with Gasteiger partial charge in [0.05, 0.1) is 0 Å². The van der Waals surface area contributed by atoms with Crippen LogP contribution in [0.4, 0.5) is 28.4 Å². The molecule has 0 aromatic heterocycles. The van der Waals surface area contributed by atoms with Gasteiger partial charge in [0.2, 0.25) is 0 Å². The smallest absolute Gasteiger partial charge is 0.0461 e. The molecule has 2 heteroatoms. The summed E-state index contributed by atoms with van der Waals surface area (Å²) in [5, 5.41) is 0. The maximum Gasteiger partial charge on any atom is 0.0461 e. The summed E-state index contributed by atoms with van der Waals surface area (Å²) in [6.45, 7) is 11.1. The van der Waals surface area contributed by atoms with Crippen molar-refractivity contribution in [3.63, 3.8) is 0 Å². The van der Waals surface area contributed by atoms with Crippen molar-refractivity contribution in [2.45, 2.75) is 72.1 Å².